The van der Waals surface area contributed by atoms with E-state index in [0.29, 0.717) is 13.2 Å². The first-order chi connectivity index (χ1) is 8.46. The number of thiophene rings is 2. The first kappa shape index (κ1) is 13.8. The third-order valence-electron chi connectivity index (χ3n) is 2.45. The zero-order chi connectivity index (χ0) is 13.2. The summed E-state index contributed by atoms with van der Waals surface area (Å²) in [4.78, 5) is 0. The lowest BCUT2D eigenvalue weighted by molar-refractivity contribution is 0.101. The van der Waals surface area contributed by atoms with E-state index in [1.165, 1.54) is 9.40 Å². The summed E-state index contributed by atoms with van der Waals surface area (Å²) in [6.45, 7) is 7.10. The highest BCUT2D eigenvalue weighted by molar-refractivity contribution is 7.26. The molecule has 0 radical (unpaired) electrons. The maximum atomic E-state index is 9.85. The summed E-state index contributed by atoms with van der Waals surface area (Å²) < 4.78 is 8.10. The van der Waals surface area contributed by atoms with Gasteiger partial charge in [-0.15, -0.1) is 22.7 Å². The Bertz CT molecular complexity index is 498. The molecular formula is C13H19NO2S2. The molecule has 2 heterocycles. The Morgan fingerprint density at radius 3 is 2.89 bits per heavy atom. The Balaban J connectivity index is 1.83. The molecule has 0 aromatic carbocycles. The zero-order valence-corrected chi connectivity index (χ0v) is 12.5. The van der Waals surface area contributed by atoms with Crippen molar-refractivity contribution in [3.63, 3.8) is 0 Å². The Labute approximate surface area is 115 Å². The molecule has 2 aromatic heterocycles. The van der Waals surface area contributed by atoms with Gasteiger partial charge in [0.2, 0.25) is 0 Å². The van der Waals surface area contributed by atoms with Crippen molar-refractivity contribution >= 4 is 32.1 Å². The highest BCUT2D eigenvalue weighted by Gasteiger charge is 2.13. The number of β-amino-alcohol motifs (C(OH)–C–C–N with tert-alkyl or cyclic N) is 1. The number of ether oxygens (including phenoxy) is 1. The van der Waals surface area contributed by atoms with Crippen LogP contribution in [0.3, 0.4) is 0 Å². The normalized spacial score (nSPS) is 14.0. The summed E-state index contributed by atoms with van der Waals surface area (Å²) in [6, 6.07) is 2.09. The van der Waals surface area contributed by atoms with Gasteiger partial charge in [-0.2, -0.15) is 0 Å². The summed E-state index contributed by atoms with van der Waals surface area (Å²) in [6.07, 6.45) is -0.487. The first-order valence-corrected chi connectivity index (χ1v) is 7.72. The van der Waals surface area contributed by atoms with Gasteiger partial charge in [-0.3, -0.25) is 0 Å². The third kappa shape index (κ3) is 3.68. The lowest BCUT2D eigenvalue weighted by Crippen LogP contribution is -2.42. The van der Waals surface area contributed by atoms with Crippen LogP contribution >= 0.6 is 22.7 Å². The second kappa shape index (κ2) is 5.57. The Morgan fingerprint density at radius 2 is 2.17 bits per heavy atom. The van der Waals surface area contributed by atoms with Gasteiger partial charge in [-0.25, -0.2) is 0 Å². The molecule has 0 saturated carbocycles. The average Bonchev–Trinajstić information content (AvgIpc) is 2.85. The van der Waals surface area contributed by atoms with Gasteiger partial charge in [0.25, 0.3) is 0 Å². The predicted molar refractivity (Wildman–Crippen MR) is 79.0 cm³/mol. The van der Waals surface area contributed by atoms with Crippen molar-refractivity contribution in [1.29, 1.82) is 0 Å². The molecule has 100 valence electrons. The maximum absolute atomic E-state index is 9.85. The lowest BCUT2D eigenvalue weighted by Gasteiger charge is -2.22. The van der Waals surface area contributed by atoms with E-state index in [4.69, 9.17) is 4.74 Å². The Kier molecular flexibility index (Phi) is 4.27. The van der Waals surface area contributed by atoms with E-state index in [2.05, 4.69) is 37.5 Å². The van der Waals surface area contributed by atoms with Gasteiger partial charge in [-0.05, 0) is 32.2 Å². The van der Waals surface area contributed by atoms with Crippen molar-refractivity contribution in [2.24, 2.45) is 0 Å². The van der Waals surface area contributed by atoms with Crippen molar-refractivity contribution < 1.29 is 9.84 Å². The van der Waals surface area contributed by atoms with Crippen LogP contribution < -0.4 is 10.1 Å². The fraction of sp³-hybridized carbons (Fsp3) is 0.538. The van der Waals surface area contributed by atoms with Gasteiger partial charge in [0.1, 0.15) is 18.5 Å². The fourth-order valence-corrected chi connectivity index (χ4v) is 3.49. The van der Waals surface area contributed by atoms with Crippen LogP contribution in [0.1, 0.15) is 20.8 Å². The monoisotopic (exact) mass is 285 g/mol. The standard InChI is InChI=1S/C13H19NO2S2/c1-13(2,3)14-6-9(15)7-16-10-8-18-11-4-5-17-12(10)11/h4-5,8-9,14-15H,6-7H2,1-3H3. The summed E-state index contributed by atoms with van der Waals surface area (Å²) in [5, 5.41) is 17.2. The number of aliphatic hydroxyl groups excluding tert-OH is 1. The van der Waals surface area contributed by atoms with Crippen LogP contribution in [0.4, 0.5) is 0 Å². The van der Waals surface area contributed by atoms with E-state index in [1.807, 2.05) is 5.38 Å². The molecule has 0 bridgehead atoms. The minimum absolute atomic E-state index is 0.0182. The molecule has 2 N–H and O–H groups in total. The Hall–Kier alpha value is -0.620. The highest BCUT2D eigenvalue weighted by Crippen LogP contribution is 2.36. The van der Waals surface area contributed by atoms with E-state index >= 15 is 0 Å². The van der Waals surface area contributed by atoms with Gasteiger partial charge in [0.05, 0.1) is 4.70 Å². The molecule has 2 rings (SSSR count). The van der Waals surface area contributed by atoms with E-state index in [1.54, 1.807) is 22.7 Å². The molecule has 0 amide bonds. The van der Waals surface area contributed by atoms with Gasteiger partial charge < -0.3 is 15.2 Å². The van der Waals surface area contributed by atoms with Gasteiger partial charge in [0, 0.05) is 22.2 Å². The van der Waals surface area contributed by atoms with E-state index < -0.39 is 6.10 Å². The summed E-state index contributed by atoms with van der Waals surface area (Å²) in [7, 11) is 0. The summed E-state index contributed by atoms with van der Waals surface area (Å²) >= 11 is 3.36. The Morgan fingerprint density at radius 1 is 1.39 bits per heavy atom. The molecule has 1 atom stereocenters. The molecule has 3 nitrogen and oxygen atoms in total. The van der Waals surface area contributed by atoms with Crippen molar-refractivity contribution in [1.82, 2.24) is 5.32 Å². The maximum Gasteiger partial charge on any atom is 0.147 e. The van der Waals surface area contributed by atoms with E-state index in [9.17, 15) is 5.11 Å². The van der Waals surface area contributed by atoms with Crippen molar-refractivity contribution in [2.45, 2.75) is 32.4 Å². The second-order valence-electron chi connectivity index (χ2n) is 5.31. The molecule has 0 saturated heterocycles. The number of hydrogen-bond donors (Lipinski definition) is 2. The third-order valence-corrected chi connectivity index (χ3v) is 4.43. The smallest absolute Gasteiger partial charge is 0.147 e. The van der Waals surface area contributed by atoms with Crippen molar-refractivity contribution in [3.05, 3.63) is 16.8 Å². The molecule has 0 aliphatic rings. The predicted octanol–water partition coefficient (Wildman–Crippen LogP) is 3.09. The molecule has 2 aromatic rings. The summed E-state index contributed by atoms with van der Waals surface area (Å²) in [5.74, 6) is 0.889. The molecule has 18 heavy (non-hydrogen) atoms. The minimum Gasteiger partial charge on any atom is -0.488 e. The number of aliphatic hydroxyl groups is 1. The van der Waals surface area contributed by atoms with Crippen LogP contribution in [0, 0.1) is 0 Å². The first-order valence-electron chi connectivity index (χ1n) is 5.96. The molecule has 0 aliphatic heterocycles. The largest absolute Gasteiger partial charge is 0.488 e. The van der Waals surface area contributed by atoms with Crippen LogP contribution in [-0.2, 0) is 0 Å². The van der Waals surface area contributed by atoms with Gasteiger partial charge >= 0.3 is 0 Å². The van der Waals surface area contributed by atoms with Gasteiger partial charge in [0.15, 0.2) is 0 Å². The molecule has 5 heteroatoms. The van der Waals surface area contributed by atoms with Crippen LogP contribution in [0.15, 0.2) is 16.8 Å². The molecule has 0 fully saturated rings. The molecular weight excluding hydrogens is 266 g/mol. The number of nitrogens with one attached hydrogen (secondary N) is 1. The quantitative estimate of drug-likeness (QED) is 0.887. The number of fused-ring (bicyclic) bond motifs is 1. The fourth-order valence-electron chi connectivity index (χ4n) is 1.51. The van der Waals surface area contributed by atoms with Crippen LogP contribution in [0.25, 0.3) is 9.40 Å². The number of rotatable bonds is 5. The molecule has 0 aliphatic carbocycles. The lowest BCUT2D eigenvalue weighted by atomic mass is 10.1. The van der Waals surface area contributed by atoms with E-state index in [-0.39, 0.29) is 5.54 Å². The van der Waals surface area contributed by atoms with Crippen molar-refractivity contribution in [3.8, 4) is 5.75 Å². The second-order valence-corrected chi connectivity index (χ2v) is 7.14. The zero-order valence-electron chi connectivity index (χ0n) is 10.9. The topological polar surface area (TPSA) is 41.5 Å². The summed E-state index contributed by atoms with van der Waals surface area (Å²) in [5.41, 5.74) is 0.0182. The number of hydrogen-bond acceptors (Lipinski definition) is 5. The van der Waals surface area contributed by atoms with Crippen LogP contribution in [-0.4, -0.2) is 29.9 Å². The van der Waals surface area contributed by atoms with Gasteiger partial charge in [-0.1, -0.05) is 0 Å². The average molecular weight is 285 g/mol. The molecule has 0 spiro atoms. The van der Waals surface area contributed by atoms with Crippen molar-refractivity contribution in [2.75, 3.05) is 13.2 Å². The SMILES string of the molecule is CC(C)(C)NCC(O)COc1csc2ccsc12. The van der Waals surface area contributed by atoms with Crippen LogP contribution in [0.2, 0.25) is 0 Å². The van der Waals surface area contributed by atoms with Crippen LogP contribution in [0.5, 0.6) is 5.75 Å². The van der Waals surface area contributed by atoms with E-state index in [0.717, 1.165) is 5.75 Å². The highest BCUT2D eigenvalue weighted by atomic mass is 32.1. The minimum atomic E-state index is -0.487. The molecule has 1 unspecified atom stereocenters.